The summed E-state index contributed by atoms with van der Waals surface area (Å²) in [5.74, 6) is 6.00. The second-order valence-electron chi connectivity index (χ2n) is 2.70. The Kier molecular flexibility index (Phi) is 3.85. The molecular formula is C11H12BrN. The van der Waals surface area contributed by atoms with E-state index in [9.17, 15) is 0 Å². The summed E-state index contributed by atoms with van der Waals surface area (Å²) >= 11 is 3.26. The van der Waals surface area contributed by atoms with Crippen LogP contribution < -0.4 is 5.73 Å². The molecule has 0 radical (unpaired) electrons. The maximum Gasteiger partial charge on any atom is 0.0649 e. The Balaban J connectivity index is 2.99. The van der Waals surface area contributed by atoms with Crippen molar-refractivity contribution in [2.24, 2.45) is 0 Å². The summed E-state index contributed by atoms with van der Waals surface area (Å²) in [6.45, 7) is 2.09. The molecule has 0 fully saturated rings. The predicted molar refractivity (Wildman–Crippen MR) is 60.9 cm³/mol. The largest absolute Gasteiger partial charge is 0.399 e. The lowest BCUT2D eigenvalue weighted by Gasteiger charge is -2.02. The molecule has 2 N–H and O–H groups in total. The van der Waals surface area contributed by atoms with Gasteiger partial charge in [-0.15, -0.1) is 0 Å². The van der Waals surface area contributed by atoms with E-state index in [1.165, 1.54) is 5.56 Å². The Morgan fingerprint density at radius 3 is 2.85 bits per heavy atom. The number of nitrogen functional groups attached to an aromatic ring is 1. The maximum atomic E-state index is 5.77. The zero-order chi connectivity index (χ0) is 9.68. The predicted octanol–water partition coefficient (Wildman–Crippen LogP) is 2.58. The third-order valence-corrected chi connectivity index (χ3v) is 2.10. The van der Waals surface area contributed by atoms with E-state index < -0.39 is 0 Å². The summed E-state index contributed by atoms with van der Waals surface area (Å²) in [7, 11) is 0. The molecule has 0 aliphatic rings. The molecule has 0 bridgehead atoms. The molecular weight excluding hydrogens is 226 g/mol. The highest BCUT2D eigenvalue weighted by Crippen LogP contribution is 2.13. The third-order valence-electron chi connectivity index (χ3n) is 1.82. The number of aryl methyl sites for hydroxylation is 1. The average Bonchev–Trinajstić information content (AvgIpc) is 2.16. The second-order valence-corrected chi connectivity index (χ2v) is 3.26. The van der Waals surface area contributed by atoms with Crippen LogP contribution in [0.1, 0.15) is 18.1 Å². The molecule has 13 heavy (non-hydrogen) atoms. The fourth-order valence-electron chi connectivity index (χ4n) is 1.13. The van der Waals surface area contributed by atoms with E-state index >= 15 is 0 Å². The Morgan fingerprint density at radius 2 is 2.23 bits per heavy atom. The van der Waals surface area contributed by atoms with Gasteiger partial charge in [0.15, 0.2) is 0 Å². The van der Waals surface area contributed by atoms with Gasteiger partial charge in [0.1, 0.15) is 0 Å². The van der Waals surface area contributed by atoms with Gasteiger partial charge in [0, 0.05) is 11.3 Å². The first-order chi connectivity index (χ1) is 6.27. The first-order valence-corrected chi connectivity index (χ1v) is 5.33. The van der Waals surface area contributed by atoms with Gasteiger partial charge in [-0.25, -0.2) is 0 Å². The highest BCUT2D eigenvalue weighted by molar-refractivity contribution is 9.09. The number of alkyl halides is 1. The van der Waals surface area contributed by atoms with Crippen LogP contribution in [0.5, 0.6) is 0 Å². The molecule has 0 atom stereocenters. The lowest BCUT2D eigenvalue weighted by Crippen LogP contribution is -1.93. The lowest BCUT2D eigenvalue weighted by molar-refractivity contribution is 1.14. The molecule has 0 aliphatic carbocycles. The summed E-state index contributed by atoms with van der Waals surface area (Å²) in [5.41, 5.74) is 8.83. The van der Waals surface area contributed by atoms with Gasteiger partial charge in [-0.1, -0.05) is 34.7 Å². The maximum absolute atomic E-state index is 5.77. The van der Waals surface area contributed by atoms with Crippen molar-refractivity contribution in [3.8, 4) is 11.8 Å². The van der Waals surface area contributed by atoms with E-state index in [-0.39, 0.29) is 0 Å². The zero-order valence-corrected chi connectivity index (χ0v) is 9.19. The molecule has 68 valence electrons. The van der Waals surface area contributed by atoms with Crippen molar-refractivity contribution in [1.82, 2.24) is 0 Å². The first-order valence-electron chi connectivity index (χ1n) is 4.21. The Hall–Kier alpha value is -0.940. The highest BCUT2D eigenvalue weighted by Gasteiger charge is 1.96. The number of hydrogen-bond donors (Lipinski definition) is 1. The van der Waals surface area contributed by atoms with Crippen LogP contribution in [0.25, 0.3) is 0 Å². The van der Waals surface area contributed by atoms with E-state index in [4.69, 9.17) is 5.73 Å². The Morgan fingerprint density at radius 1 is 1.46 bits per heavy atom. The number of halogens is 1. The molecule has 0 amide bonds. The first kappa shape index (κ1) is 10.1. The van der Waals surface area contributed by atoms with Crippen LogP contribution in [0.15, 0.2) is 18.2 Å². The van der Waals surface area contributed by atoms with Crippen molar-refractivity contribution in [3.05, 3.63) is 29.3 Å². The van der Waals surface area contributed by atoms with Crippen LogP contribution in [-0.2, 0) is 6.42 Å². The monoisotopic (exact) mass is 237 g/mol. The second kappa shape index (κ2) is 4.94. The quantitative estimate of drug-likeness (QED) is 0.454. The van der Waals surface area contributed by atoms with Crippen molar-refractivity contribution in [1.29, 1.82) is 0 Å². The molecule has 0 aromatic heterocycles. The summed E-state index contributed by atoms with van der Waals surface area (Å²) in [5, 5.41) is 0.707. The summed E-state index contributed by atoms with van der Waals surface area (Å²) in [6.07, 6.45) is 0.954. The van der Waals surface area contributed by atoms with Gasteiger partial charge in [-0.2, -0.15) is 0 Å². The van der Waals surface area contributed by atoms with Gasteiger partial charge in [-0.3, -0.25) is 0 Å². The minimum atomic E-state index is 0.707. The lowest BCUT2D eigenvalue weighted by atomic mass is 10.1. The summed E-state index contributed by atoms with van der Waals surface area (Å²) in [4.78, 5) is 0. The molecule has 0 saturated carbocycles. The van der Waals surface area contributed by atoms with Crippen molar-refractivity contribution in [3.63, 3.8) is 0 Å². The fraction of sp³-hybridized carbons (Fsp3) is 0.273. The molecule has 1 nitrogen and oxygen atoms in total. The van der Waals surface area contributed by atoms with Crippen LogP contribution >= 0.6 is 15.9 Å². The molecule has 1 rings (SSSR count). The minimum Gasteiger partial charge on any atom is -0.399 e. The van der Waals surface area contributed by atoms with E-state index in [1.807, 2.05) is 18.2 Å². The molecule has 0 heterocycles. The van der Waals surface area contributed by atoms with Crippen LogP contribution in [0.3, 0.4) is 0 Å². The minimum absolute atomic E-state index is 0.707. The van der Waals surface area contributed by atoms with Crippen molar-refractivity contribution < 1.29 is 0 Å². The number of anilines is 1. The van der Waals surface area contributed by atoms with Gasteiger partial charge in [0.25, 0.3) is 0 Å². The van der Waals surface area contributed by atoms with Gasteiger partial charge in [0.05, 0.1) is 5.33 Å². The van der Waals surface area contributed by atoms with Gasteiger partial charge in [-0.05, 0) is 30.2 Å². The zero-order valence-electron chi connectivity index (χ0n) is 7.60. The van der Waals surface area contributed by atoms with Crippen LogP contribution in [0.4, 0.5) is 5.69 Å². The number of rotatable bonds is 1. The number of nitrogens with two attached hydrogens (primary N) is 1. The van der Waals surface area contributed by atoms with Crippen LogP contribution in [-0.4, -0.2) is 5.33 Å². The standard InChI is InChI=1S/C11H12BrN/c1-2-10-8-9(4-3-7-12)5-6-11(10)13/h5-6,8H,2,7,13H2,1H3. The van der Waals surface area contributed by atoms with Crippen molar-refractivity contribution >= 4 is 21.6 Å². The highest BCUT2D eigenvalue weighted by atomic mass is 79.9. The van der Waals surface area contributed by atoms with E-state index in [0.29, 0.717) is 5.33 Å². The smallest absolute Gasteiger partial charge is 0.0649 e. The van der Waals surface area contributed by atoms with E-state index in [2.05, 4.69) is 34.7 Å². The van der Waals surface area contributed by atoms with Gasteiger partial charge in [0.2, 0.25) is 0 Å². The van der Waals surface area contributed by atoms with Gasteiger partial charge >= 0.3 is 0 Å². The number of hydrogen-bond acceptors (Lipinski definition) is 1. The van der Waals surface area contributed by atoms with Crippen molar-refractivity contribution in [2.75, 3.05) is 11.1 Å². The molecule has 0 spiro atoms. The Labute approximate surface area is 87.5 Å². The topological polar surface area (TPSA) is 26.0 Å². The molecule has 1 aromatic carbocycles. The van der Waals surface area contributed by atoms with E-state index in [0.717, 1.165) is 17.7 Å². The Bertz CT molecular complexity index is 347. The fourth-order valence-corrected chi connectivity index (χ4v) is 1.27. The third kappa shape index (κ3) is 2.78. The SMILES string of the molecule is CCc1cc(C#CCBr)ccc1N. The summed E-state index contributed by atoms with van der Waals surface area (Å²) < 4.78 is 0. The van der Waals surface area contributed by atoms with Crippen LogP contribution in [0.2, 0.25) is 0 Å². The summed E-state index contributed by atoms with van der Waals surface area (Å²) in [6, 6.07) is 5.91. The van der Waals surface area contributed by atoms with Crippen LogP contribution in [0, 0.1) is 11.8 Å². The normalized spacial score (nSPS) is 9.08. The molecule has 1 aromatic rings. The molecule has 2 heteroatoms. The van der Waals surface area contributed by atoms with E-state index in [1.54, 1.807) is 0 Å². The van der Waals surface area contributed by atoms with Crippen molar-refractivity contribution in [2.45, 2.75) is 13.3 Å². The molecule has 0 unspecified atom stereocenters. The molecule has 0 saturated heterocycles. The number of benzene rings is 1. The average molecular weight is 238 g/mol. The van der Waals surface area contributed by atoms with Gasteiger partial charge < -0.3 is 5.73 Å². The molecule has 0 aliphatic heterocycles.